The van der Waals surface area contributed by atoms with Crippen LogP contribution in [0, 0.1) is 0 Å². The molecule has 0 radical (unpaired) electrons. The Balaban J connectivity index is 1.77. The molecule has 0 spiro atoms. The van der Waals surface area contributed by atoms with E-state index < -0.39 is 0 Å². The van der Waals surface area contributed by atoms with Crippen molar-refractivity contribution in [3.8, 4) is 0 Å². The lowest BCUT2D eigenvalue weighted by Gasteiger charge is -2.38. The van der Waals surface area contributed by atoms with Crippen molar-refractivity contribution < 1.29 is 9.53 Å². The SMILES string of the molecule is CCOC(=O)C1=C(C)N=C(SCc2cnc(Cl)s2)N(Cc2cnc(Cl)s2)C1c1ccccc1. The fourth-order valence-corrected chi connectivity index (χ4v) is 6.51. The minimum absolute atomic E-state index is 0.291. The summed E-state index contributed by atoms with van der Waals surface area (Å²) in [4.78, 5) is 30.3. The van der Waals surface area contributed by atoms with Gasteiger partial charge in [-0.3, -0.25) is 0 Å². The van der Waals surface area contributed by atoms with Crippen LogP contribution in [0.5, 0.6) is 0 Å². The van der Waals surface area contributed by atoms with Crippen molar-refractivity contribution in [3.05, 3.63) is 78.2 Å². The van der Waals surface area contributed by atoms with Crippen molar-refractivity contribution in [2.24, 2.45) is 4.99 Å². The third kappa shape index (κ3) is 5.78. The summed E-state index contributed by atoms with van der Waals surface area (Å²) < 4.78 is 6.40. The van der Waals surface area contributed by atoms with Gasteiger partial charge in [0.15, 0.2) is 14.1 Å². The molecule has 0 amide bonds. The summed E-state index contributed by atoms with van der Waals surface area (Å²) >= 11 is 16.6. The number of thioether (sulfide) groups is 1. The van der Waals surface area contributed by atoms with Gasteiger partial charge in [0.2, 0.25) is 0 Å². The molecule has 3 aromatic rings. The number of nitrogens with zero attached hydrogens (tertiary/aromatic N) is 4. The van der Waals surface area contributed by atoms with Crippen LogP contribution in [0.25, 0.3) is 0 Å². The summed E-state index contributed by atoms with van der Waals surface area (Å²) in [6.07, 6.45) is 3.54. The number of halogens is 2. The maximum atomic E-state index is 13.0. The zero-order valence-electron chi connectivity index (χ0n) is 17.8. The standard InChI is InChI=1S/C22H20Cl2N4O2S3/c1-3-30-19(29)17-13(2)27-22(31-12-16-10-26-21(24)33-16)28(11-15-9-25-20(23)32-15)18(17)14-7-5-4-6-8-14/h4-10,18H,3,11-12H2,1-2H3. The molecular weight excluding hydrogens is 519 g/mol. The van der Waals surface area contributed by atoms with Crippen LogP contribution >= 0.6 is 57.6 Å². The van der Waals surface area contributed by atoms with E-state index >= 15 is 0 Å². The molecule has 0 aliphatic carbocycles. The highest BCUT2D eigenvalue weighted by atomic mass is 35.5. The molecule has 4 rings (SSSR count). The van der Waals surface area contributed by atoms with Crippen LogP contribution in [-0.2, 0) is 21.8 Å². The third-order valence-corrected chi connectivity index (χ3v) is 8.25. The van der Waals surface area contributed by atoms with E-state index in [1.165, 1.54) is 22.7 Å². The Morgan fingerprint density at radius 2 is 1.79 bits per heavy atom. The molecule has 0 N–H and O–H groups in total. The molecule has 1 unspecified atom stereocenters. The first-order valence-corrected chi connectivity index (χ1v) is 13.4. The number of allylic oxidation sites excluding steroid dienone is 1. The highest BCUT2D eigenvalue weighted by molar-refractivity contribution is 8.13. The van der Waals surface area contributed by atoms with Gasteiger partial charge in [-0.05, 0) is 19.4 Å². The smallest absolute Gasteiger partial charge is 0.338 e. The number of amidine groups is 1. The van der Waals surface area contributed by atoms with E-state index in [0.717, 1.165) is 20.5 Å². The van der Waals surface area contributed by atoms with Gasteiger partial charge in [-0.15, -0.1) is 22.7 Å². The van der Waals surface area contributed by atoms with Crippen molar-refractivity contribution in [1.82, 2.24) is 14.9 Å². The zero-order chi connectivity index (χ0) is 23.4. The van der Waals surface area contributed by atoms with Gasteiger partial charge in [-0.25, -0.2) is 19.8 Å². The topological polar surface area (TPSA) is 67.7 Å². The van der Waals surface area contributed by atoms with Crippen molar-refractivity contribution >= 4 is 68.8 Å². The molecule has 1 aliphatic rings. The Morgan fingerprint density at radius 1 is 1.12 bits per heavy atom. The molecule has 1 aromatic carbocycles. The quantitative estimate of drug-likeness (QED) is 0.316. The summed E-state index contributed by atoms with van der Waals surface area (Å²) in [5.74, 6) is 0.297. The predicted molar refractivity (Wildman–Crippen MR) is 137 cm³/mol. The van der Waals surface area contributed by atoms with Gasteiger partial charge in [-0.1, -0.05) is 65.3 Å². The van der Waals surface area contributed by atoms with Gasteiger partial charge in [-0.2, -0.15) is 0 Å². The fourth-order valence-electron chi connectivity index (χ4n) is 3.47. The molecular formula is C22H20Cl2N4O2S3. The van der Waals surface area contributed by atoms with Gasteiger partial charge in [0.25, 0.3) is 0 Å². The van der Waals surface area contributed by atoms with E-state index in [9.17, 15) is 4.79 Å². The first-order chi connectivity index (χ1) is 16.0. The fraction of sp³-hybridized carbons (Fsp3) is 0.273. The Labute approximate surface area is 214 Å². The van der Waals surface area contributed by atoms with E-state index in [0.29, 0.717) is 39.1 Å². The average Bonchev–Trinajstić information content (AvgIpc) is 3.41. The summed E-state index contributed by atoms with van der Waals surface area (Å²) in [7, 11) is 0. The Hall–Kier alpha value is -1.91. The summed E-state index contributed by atoms with van der Waals surface area (Å²) in [6.45, 7) is 4.44. The number of thiazole rings is 2. The second-order valence-electron chi connectivity index (χ2n) is 7.00. The molecule has 0 saturated carbocycles. The number of carbonyl (C=O) groups is 1. The Bertz CT molecular complexity index is 1190. The third-order valence-electron chi connectivity index (χ3n) is 4.82. The lowest BCUT2D eigenvalue weighted by Crippen LogP contribution is -2.39. The van der Waals surface area contributed by atoms with Crippen LogP contribution in [0.2, 0.25) is 8.93 Å². The van der Waals surface area contributed by atoms with Crippen LogP contribution in [0.15, 0.2) is 59.0 Å². The highest BCUT2D eigenvalue weighted by Gasteiger charge is 2.37. The largest absolute Gasteiger partial charge is 0.463 e. The number of ether oxygens (including phenoxy) is 1. The first kappa shape index (κ1) is 24.2. The van der Waals surface area contributed by atoms with E-state index in [4.69, 9.17) is 32.9 Å². The average molecular weight is 540 g/mol. The minimum atomic E-state index is -0.365. The number of rotatable bonds is 7. The lowest BCUT2D eigenvalue weighted by atomic mass is 9.94. The monoisotopic (exact) mass is 538 g/mol. The van der Waals surface area contributed by atoms with Crippen molar-refractivity contribution in [2.45, 2.75) is 32.2 Å². The highest BCUT2D eigenvalue weighted by Crippen LogP contribution is 2.40. The number of carbonyl (C=O) groups excluding carboxylic acids is 1. The van der Waals surface area contributed by atoms with Crippen LogP contribution in [0.1, 0.15) is 35.2 Å². The van der Waals surface area contributed by atoms with Crippen molar-refractivity contribution in [1.29, 1.82) is 0 Å². The van der Waals surface area contributed by atoms with Gasteiger partial charge < -0.3 is 9.64 Å². The van der Waals surface area contributed by atoms with Crippen LogP contribution < -0.4 is 0 Å². The second kappa shape index (κ2) is 11.0. The van der Waals surface area contributed by atoms with Crippen molar-refractivity contribution in [3.63, 3.8) is 0 Å². The van der Waals surface area contributed by atoms with Gasteiger partial charge in [0, 0.05) is 27.9 Å². The zero-order valence-corrected chi connectivity index (χ0v) is 21.8. The molecule has 0 bridgehead atoms. The van der Waals surface area contributed by atoms with Crippen LogP contribution in [0.4, 0.5) is 0 Å². The molecule has 6 nitrogen and oxygen atoms in total. The van der Waals surface area contributed by atoms with Crippen molar-refractivity contribution in [2.75, 3.05) is 6.61 Å². The number of benzene rings is 1. The number of aromatic nitrogens is 2. The maximum absolute atomic E-state index is 13.0. The van der Waals surface area contributed by atoms with E-state index in [1.807, 2.05) is 37.3 Å². The summed E-state index contributed by atoms with van der Waals surface area (Å²) in [5.41, 5.74) is 2.15. The number of hydrogen-bond acceptors (Lipinski definition) is 9. The molecule has 0 fully saturated rings. The summed E-state index contributed by atoms with van der Waals surface area (Å²) in [5, 5.41) is 0.795. The van der Waals surface area contributed by atoms with Gasteiger partial charge in [0.05, 0.1) is 30.5 Å². The second-order valence-corrected chi connectivity index (χ2v) is 11.3. The Kier molecular flexibility index (Phi) is 8.08. The van der Waals surface area contributed by atoms with Crippen LogP contribution in [-0.4, -0.2) is 32.6 Å². The number of esters is 1. The molecule has 11 heteroatoms. The molecule has 3 heterocycles. The first-order valence-electron chi connectivity index (χ1n) is 10.1. The maximum Gasteiger partial charge on any atom is 0.338 e. The Morgan fingerprint density at radius 3 is 2.39 bits per heavy atom. The molecule has 1 atom stereocenters. The minimum Gasteiger partial charge on any atom is -0.463 e. The van der Waals surface area contributed by atoms with E-state index in [2.05, 4.69) is 14.9 Å². The van der Waals surface area contributed by atoms with Crippen LogP contribution in [0.3, 0.4) is 0 Å². The molecule has 2 aromatic heterocycles. The van der Waals surface area contributed by atoms with Gasteiger partial charge in [0.1, 0.15) is 0 Å². The number of hydrogen-bond donors (Lipinski definition) is 0. The number of aliphatic imine (C=N–C) groups is 1. The summed E-state index contributed by atoms with van der Waals surface area (Å²) in [6, 6.07) is 9.55. The van der Waals surface area contributed by atoms with Gasteiger partial charge >= 0.3 is 5.97 Å². The van der Waals surface area contributed by atoms with E-state index in [1.54, 1.807) is 31.1 Å². The predicted octanol–water partition coefficient (Wildman–Crippen LogP) is 6.59. The lowest BCUT2D eigenvalue weighted by molar-refractivity contribution is -0.139. The molecule has 1 aliphatic heterocycles. The van der Waals surface area contributed by atoms with E-state index in [-0.39, 0.29) is 12.0 Å². The molecule has 0 saturated heterocycles. The molecule has 172 valence electrons. The molecule has 33 heavy (non-hydrogen) atoms. The normalized spacial score (nSPS) is 16.2.